The number of carbonyl (C=O) groups excluding carboxylic acids is 3. The molecule has 4 N–H and O–H groups in total. The van der Waals surface area contributed by atoms with Crippen molar-refractivity contribution in [2.75, 3.05) is 19.8 Å². The lowest BCUT2D eigenvalue weighted by atomic mass is 10.1. The van der Waals surface area contributed by atoms with Crippen molar-refractivity contribution < 1.29 is 19.1 Å². The number of nitrogens with zero attached hydrogens (tertiary/aromatic N) is 1. The van der Waals surface area contributed by atoms with E-state index in [4.69, 9.17) is 10.5 Å². The Morgan fingerprint density at radius 1 is 1.26 bits per heavy atom. The van der Waals surface area contributed by atoms with Crippen LogP contribution in [0.3, 0.4) is 0 Å². The van der Waals surface area contributed by atoms with E-state index in [0.29, 0.717) is 37.5 Å². The number of nitrogens with one attached hydrogen (secondary N) is 2. The fourth-order valence-corrected chi connectivity index (χ4v) is 2.95. The Morgan fingerprint density at radius 3 is 2.67 bits per heavy atom. The molecule has 9 heteroatoms. The molecule has 1 aromatic rings. The molecule has 8 nitrogen and oxygen atoms in total. The van der Waals surface area contributed by atoms with Crippen LogP contribution in [0.5, 0.6) is 0 Å². The van der Waals surface area contributed by atoms with Crippen LogP contribution in [-0.4, -0.2) is 42.6 Å². The lowest BCUT2D eigenvalue weighted by Gasteiger charge is -2.07. The highest BCUT2D eigenvalue weighted by atomic mass is 32.1. The molecule has 0 aromatic carbocycles. The molecule has 1 heterocycles. The maximum absolute atomic E-state index is 12.0. The fourth-order valence-electron chi connectivity index (χ4n) is 2.13. The number of esters is 1. The van der Waals surface area contributed by atoms with Crippen molar-refractivity contribution in [2.24, 2.45) is 17.6 Å². The van der Waals surface area contributed by atoms with Crippen LogP contribution in [0.25, 0.3) is 0 Å². The van der Waals surface area contributed by atoms with Crippen LogP contribution in [0.15, 0.2) is 5.38 Å². The number of primary amides is 1. The third-order valence-electron chi connectivity index (χ3n) is 3.79. The van der Waals surface area contributed by atoms with Crippen LogP contribution in [0.2, 0.25) is 0 Å². The van der Waals surface area contributed by atoms with E-state index in [1.54, 1.807) is 12.3 Å². The van der Waals surface area contributed by atoms with Gasteiger partial charge in [0.15, 0.2) is 0 Å². The molecule has 0 radical (unpaired) electrons. The number of hydrogen-bond donors (Lipinski definition) is 3. The zero-order valence-electron chi connectivity index (χ0n) is 16.2. The Bertz CT molecular complexity index is 618. The largest absolute Gasteiger partial charge is 0.450 e. The quantitative estimate of drug-likeness (QED) is 0.262. The molecule has 152 valence electrons. The highest BCUT2D eigenvalue weighted by Gasteiger charge is 2.12. The third-order valence-corrected chi connectivity index (χ3v) is 4.70. The van der Waals surface area contributed by atoms with Gasteiger partial charge in [-0.3, -0.25) is 19.7 Å². The number of thiazole rings is 1. The zero-order chi connectivity index (χ0) is 20.2. The van der Waals surface area contributed by atoms with Gasteiger partial charge in [0, 0.05) is 30.7 Å². The second-order valence-electron chi connectivity index (χ2n) is 6.84. The molecule has 0 aliphatic rings. The summed E-state index contributed by atoms with van der Waals surface area (Å²) in [7, 11) is 0. The van der Waals surface area contributed by atoms with Crippen molar-refractivity contribution in [1.29, 1.82) is 0 Å². The molecule has 0 saturated carbocycles. The van der Waals surface area contributed by atoms with Crippen LogP contribution in [0, 0.1) is 11.8 Å². The molecule has 1 rings (SSSR count). The van der Waals surface area contributed by atoms with E-state index < -0.39 is 0 Å². The van der Waals surface area contributed by atoms with Crippen molar-refractivity contribution in [3.05, 3.63) is 16.1 Å². The molecule has 1 atom stereocenters. The Morgan fingerprint density at radius 2 is 2.00 bits per heavy atom. The lowest BCUT2D eigenvalue weighted by Crippen LogP contribution is -2.29. The standard InChI is InChI=1S/C18H30N4O4S/c1-12(2)9-16(23)26-11-20-7-4-5-15-22-14(10-27-15)18(25)21-8-6-13(3)17(19)24/h10,12-13,20H,4-9,11H2,1-3H3,(H2,19,24)(H,21,25). The summed E-state index contributed by atoms with van der Waals surface area (Å²) in [6, 6.07) is 0. The second-order valence-corrected chi connectivity index (χ2v) is 7.78. The Kier molecular flexibility index (Phi) is 10.6. The van der Waals surface area contributed by atoms with Crippen LogP contribution >= 0.6 is 11.3 Å². The third kappa shape index (κ3) is 10.0. The SMILES string of the molecule is CC(C)CC(=O)OCNCCCc1nc(C(=O)NCCC(C)C(N)=O)cs1. The number of hydrogen-bond acceptors (Lipinski definition) is 7. The summed E-state index contributed by atoms with van der Waals surface area (Å²) in [5.41, 5.74) is 5.57. The lowest BCUT2D eigenvalue weighted by molar-refractivity contribution is -0.145. The van der Waals surface area contributed by atoms with Crippen molar-refractivity contribution in [3.8, 4) is 0 Å². The van der Waals surface area contributed by atoms with Gasteiger partial charge < -0.3 is 15.8 Å². The summed E-state index contributed by atoms with van der Waals surface area (Å²) in [4.78, 5) is 38.7. The van der Waals surface area contributed by atoms with Crippen LogP contribution in [0.4, 0.5) is 0 Å². The fraction of sp³-hybridized carbons (Fsp3) is 0.667. The number of aromatic nitrogens is 1. The first-order valence-electron chi connectivity index (χ1n) is 9.17. The monoisotopic (exact) mass is 398 g/mol. The summed E-state index contributed by atoms with van der Waals surface area (Å²) in [5.74, 6) is -0.792. The number of ether oxygens (including phenoxy) is 1. The molecule has 0 bridgehead atoms. The highest BCUT2D eigenvalue weighted by molar-refractivity contribution is 7.09. The normalized spacial score (nSPS) is 12.0. The first-order chi connectivity index (χ1) is 12.8. The molecule has 27 heavy (non-hydrogen) atoms. The van der Waals surface area contributed by atoms with E-state index in [1.165, 1.54) is 11.3 Å². The minimum absolute atomic E-state index is 0.196. The molecule has 1 unspecified atom stereocenters. The van der Waals surface area contributed by atoms with Gasteiger partial charge in [-0.2, -0.15) is 0 Å². The highest BCUT2D eigenvalue weighted by Crippen LogP contribution is 2.12. The van der Waals surface area contributed by atoms with Crippen LogP contribution < -0.4 is 16.4 Å². The zero-order valence-corrected chi connectivity index (χ0v) is 17.1. The van der Waals surface area contributed by atoms with E-state index in [0.717, 1.165) is 17.8 Å². The predicted octanol–water partition coefficient (Wildman–Crippen LogP) is 1.45. The number of aryl methyl sites for hydroxylation is 1. The summed E-state index contributed by atoms with van der Waals surface area (Å²) in [5, 5.41) is 8.40. The van der Waals surface area contributed by atoms with Gasteiger partial charge in [-0.1, -0.05) is 20.8 Å². The summed E-state index contributed by atoms with van der Waals surface area (Å²) in [6.07, 6.45) is 2.49. The van der Waals surface area contributed by atoms with E-state index in [1.807, 2.05) is 13.8 Å². The Labute approximate surface area is 164 Å². The van der Waals surface area contributed by atoms with Crippen LogP contribution in [0.1, 0.15) is 55.5 Å². The van der Waals surface area contributed by atoms with Crippen molar-refractivity contribution in [3.63, 3.8) is 0 Å². The molecule has 1 aromatic heterocycles. The van der Waals surface area contributed by atoms with Gasteiger partial charge in [0.05, 0.1) is 5.01 Å². The minimum atomic E-state index is -0.372. The van der Waals surface area contributed by atoms with E-state index in [9.17, 15) is 14.4 Å². The molecular weight excluding hydrogens is 368 g/mol. The Balaban J connectivity index is 2.18. The van der Waals surface area contributed by atoms with Gasteiger partial charge in [-0.25, -0.2) is 4.98 Å². The number of nitrogens with two attached hydrogens (primary N) is 1. The van der Waals surface area contributed by atoms with E-state index in [-0.39, 0.29) is 30.4 Å². The molecule has 0 spiro atoms. The van der Waals surface area contributed by atoms with Gasteiger partial charge in [-0.15, -0.1) is 11.3 Å². The second kappa shape index (κ2) is 12.4. The molecule has 0 fully saturated rings. The van der Waals surface area contributed by atoms with Gasteiger partial charge >= 0.3 is 5.97 Å². The van der Waals surface area contributed by atoms with Crippen LogP contribution in [-0.2, 0) is 20.7 Å². The first kappa shape index (κ1) is 23.0. The van der Waals surface area contributed by atoms with Crippen molar-refractivity contribution in [2.45, 2.75) is 46.5 Å². The van der Waals surface area contributed by atoms with Crippen molar-refractivity contribution in [1.82, 2.24) is 15.6 Å². The van der Waals surface area contributed by atoms with Gasteiger partial charge in [0.1, 0.15) is 12.4 Å². The number of carbonyl (C=O) groups is 3. The molecule has 2 amide bonds. The summed E-state index contributed by atoms with van der Waals surface area (Å²) in [6.45, 7) is 6.96. The van der Waals surface area contributed by atoms with Gasteiger partial charge in [-0.05, 0) is 25.3 Å². The molecular formula is C18H30N4O4S. The maximum Gasteiger partial charge on any atom is 0.307 e. The van der Waals surface area contributed by atoms with Gasteiger partial charge in [0.2, 0.25) is 5.91 Å². The smallest absolute Gasteiger partial charge is 0.307 e. The average Bonchev–Trinajstić information content (AvgIpc) is 3.06. The topological polar surface area (TPSA) is 123 Å². The molecule has 0 aliphatic heterocycles. The number of amides is 2. The summed E-state index contributed by atoms with van der Waals surface area (Å²) >= 11 is 1.44. The average molecular weight is 399 g/mol. The van der Waals surface area contributed by atoms with Crippen molar-refractivity contribution >= 4 is 29.1 Å². The summed E-state index contributed by atoms with van der Waals surface area (Å²) < 4.78 is 5.06. The predicted molar refractivity (Wildman–Crippen MR) is 104 cm³/mol. The maximum atomic E-state index is 12.0. The first-order valence-corrected chi connectivity index (χ1v) is 10.1. The van der Waals surface area contributed by atoms with E-state index >= 15 is 0 Å². The van der Waals surface area contributed by atoms with Gasteiger partial charge in [0.25, 0.3) is 5.91 Å². The molecule has 0 aliphatic carbocycles. The number of rotatable bonds is 13. The minimum Gasteiger partial charge on any atom is -0.450 e. The molecule has 0 saturated heterocycles. The Hall–Kier alpha value is -2.00. The van der Waals surface area contributed by atoms with E-state index in [2.05, 4.69) is 15.6 Å².